The fraction of sp³-hybridized carbons (Fsp3) is 0.938. The maximum Gasteiger partial charge on any atom is 0.239 e. The second-order valence-electron chi connectivity index (χ2n) is 7.93. The van der Waals surface area contributed by atoms with E-state index in [0.29, 0.717) is 5.41 Å². The number of nitrogens with two attached hydrogens (primary N) is 1. The molecule has 0 spiro atoms. The Morgan fingerprint density at radius 3 is 2.26 bits per heavy atom. The molecule has 4 aliphatic carbocycles. The van der Waals surface area contributed by atoms with E-state index in [4.69, 9.17) is 5.73 Å². The second kappa shape index (κ2) is 4.21. The predicted octanol–water partition coefficient (Wildman–Crippen LogP) is 2.15. The summed E-state index contributed by atoms with van der Waals surface area (Å²) in [5.41, 5.74) is 6.42. The highest BCUT2D eigenvalue weighted by molar-refractivity contribution is 5.82. The minimum Gasteiger partial charge on any atom is -0.341 e. The van der Waals surface area contributed by atoms with Gasteiger partial charge in [-0.2, -0.15) is 0 Å². The van der Waals surface area contributed by atoms with Crippen molar-refractivity contribution < 1.29 is 4.79 Å². The molecule has 1 unspecified atom stereocenters. The largest absolute Gasteiger partial charge is 0.341 e. The number of carbonyl (C=O) groups excluding carboxylic acids is 1. The first-order valence-electron chi connectivity index (χ1n) is 8.18. The maximum atomic E-state index is 12.3. The lowest BCUT2D eigenvalue weighted by Gasteiger charge is -2.58. The van der Waals surface area contributed by atoms with Crippen LogP contribution < -0.4 is 5.73 Å². The van der Waals surface area contributed by atoms with Gasteiger partial charge in [-0.3, -0.25) is 4.79 Å². The number of nitrogens with zero attached hydrogens (tertiary/aromatic N) is 1. The zero-order chi connectivity index (χ0) is 13.0. The molecule has 0 aromatic carbocycles. The van der Waals surface area contributed by atoms with Gasteiger partial charge in [0, 0.05) is 13.1 Å². The van der Waals surface area contributed by atoms with E-state index in [9.17, 15) is 4.79 Å². The van der Waals surface area contributed by atoms with E-state index in [-0.39, 0.29) is 11.9 Å². The van der Waals surface area contributed by atoms with Crippen LogP contribution in [0.2, 0.25) is 0 Å². The monoisotopic (exact) mass is 262 g/mol. The van der Waals surface area contributed by atoms with Crippen molar-refractivity contribution in [2.75, 3.05) is 13.1 Å². The zero-order valence-corrected chi connectivity index (χ0v) is 11.8. The van der Waals surface area contributed by atoms with Crippen molar-refractivity contribution in [2.45, 2.75) is 57.4 Å². The molecule has 0 aromatic heterocycles. The van der Waals surface area contributed by atoms with Crippen molar-refractivity contribution in [1.29, 1.82) is 0 Å². The van der Waals surface area contributed by atoms with Crippen LogP contribution in [-0.4, -0.2) is 29.9 Å². The lowest BCUT2D eigenvalue weighted by molar-refractivity contribution is -0.141. The summed E-state index contributed by atoms with van der Waals surface area (Å²) in [5, 5.41) is 0. The highest BCUT2D eigenvalue weighted by Gasteiger charge is 2.51. The van der Waals surface area contributed by atoms with Gasteiger partial charge in [0.25, 0.3) is 0 Å². The van der Waals surface area contributed by atoms with Crippen LogP contribution in [0.1, 0.15) is 51.4 Å². The quantitative estimate of drug-likeness (QED) is 0.829. The minimum atomic E-state index is -0.220. The van der Waals surface area contributed by atoms with Crippen LogP contribution in [0.3, 0.4) is 0 Å². The summed E-state index contributed by atoms with van der Waals surface area (Å²) in [6.07, 6.45) is 10.6. The van der Waals surface area contributed by atoms with Crippen LogP contribution >= 0.6 is 0 Å². The SMILES string of the molecule is NC1CCCN(CC23CC4CC(CC(C4)C2)C3)C1=O. The Kier molecular flexibility index (Phi) is 2.70. The highest BCUT2D eigenvalue weighted by Crippen LogP contribution is 2.60. The van der Waals surface area contributed by atoms with Gasteiger partial charge < -0.3 is 10.6 Å². The van der Waals surface area contributed by atoms with Gasteiger partial charge >= 0.3 is 0 Å². The standard InChI is InChI=1S/C16H26N2O/c17-14-2-1-3-18(15(14)19)10-16-7-11-4-12(8-16)6-13(5-11)9-16/h11-14H,1-10,17H2. The molecular formula is C16H26N2O. The summed E-state index contributed by atoms with van der Waals surface area (Å²) in [6.45, 7) is 1.97. The smallest absolute Gasteiger partial charge is 0.239 e. The maximum absolute atomic E-state index is 12.3. The molecule has 1 heterocycles. The second-order valence-corrected chi connectivity index (χ2v) is 7.93. The Morgan fingerprint density at radius 1 is 1.11 bits per heavy atom. The molecule has 1 amide bonds. The number of amides is 1. The summed E-state index contributed by atoms with van der Waals surface area (Å²) < 4.78 is 0. The van der Waals surface area contributed by atoms with E-state index in [1.54, 1.807) is 0 Å². The van der Waals surface area contributed by atoms with Gasteiger partial charge in [-0.05, 0) is 74.5 Å². The van der Waals surface area contributed by atoms with Crippen LogP contribution in [0.25, 0.3) is 0 Å². The Balaban J connectivity index is 1.51. The molecule has 5 fully saturated rings. The summed E-state index contributed by atoms with van der Waals surface area (Å²) >= 11 is 0. The third kappa shape index (κ3) is 2.01. The van der Waals surface area contributed by atoms with E-state index in [0.717, 1.165) is 43.7 Å². The summed E-state index contributed by atoms with van der Waals surface area (Å²) in [5.74, 6) is 3.14. The zero-order valence-electron chi connectivity index (χ0n) is 11.8. The summed E-state index contributed by atoms with van der Waals surface area (Å²) in [4.78, 5) is 14.4. The molecule has 1 atom stereocenters. The van der Waals surface area contributed by atoms with Crippen molar-refractivity contribution in [2.24, 2.45) is 28.9 Å². The van der Waals surface area contributed by atoms with Gasteiger partial charge in [-0.1, -0.05) is 0 Å². The molecule has 3 nitrogen and oxygen atoms in total. The molecule has 1 aliphatic heterocycles. The molecule has 106 valence electrons. The molecule has 3 heteroatoms. The molecule has 4 saturated carbocycles. The third-order valence-corrected chi connectivity index (χ3v) is 6.26. The topological polar surface area (TPSA) is 46.3 Å². The van der Waals surface area contributed by atoms with Gasteiger partial charge in [0.1, 0.15) is 0 Å². The Morgan fingerprint density at radius 2 is 1.68 bits per heavy atom. The van der Waals surface area contributed by atoms with Crippen molar-refractivity contribution in [1.82, 2.24) is 4.90 Å². The Hall–Kier alpha value is -0.570. The lowest BCUT2D eigenvalue weighted by Crippen LogP contribution is -2.56. The van der Waals surface area contributed by atoms with Crippen molar-refractivity contribution in [3.8, 4) is 0 Å². The molecule has 5 rings (SSSR count). The number of rotatable bonds is 2. The van der Waals surface area contributed by atoms with Crippen LogP contribution in [0.15, 0.2) is 0 Å². The average molecular weight is 262 g/mol. The minimum absolute atomic E-state index is 0.220. The van der Waals surface area contributed by atoms with E-state index < -0.39 is 0 Å². The van der Waals surface area contributed by atoms with Crippen molar-refractivity contribution in [3.63, 3.8) is 0 Å². The molecule has 1 saturated heterocycles. The number of likely N-dealkylation sites (tertiary alicyclic amines) is 1. The number of piperidine rings is 1. The van der Waals surface area contributed by atoms with Crippen LogP contribution in [0.5, 0.6) is 0 Å². The first kappa shape index (κ1) is 12.2. The van der Waals surface area contributed by atoms with Gasteiger partial charge in [-0.15, -0.1) is 0 Å². The normalized spacial score (nSPS) is 48.9. The fourth-order valence-electron chi connectivity index (χ4n) is 6.02. The lowest BCUT2D eigenvalue weighted by atomic mass is 9.49. The number of hydrogen-bond donors (Lipinski definition) is 1. The molecule has 0 radical (unpaired) electrons. The van der Waals surface area contributed by atoms with Crippen LogP contribution in [-0.2, 0) is 4.79 Å². The van der Waals surface area contributed by atoms with Gasteiger partial charge in [0.2, 0.25) is 5.91 Å². The molecule has 0 aromatic rings. The third-order valence-electron chi connectivity index (χ3n) is 6.26. The van der Waals surface area contributed by atoms with Gasteiger partial charge in [0.15, 0.2) is 0 Å². The van der Waals surface area contributed by atoms with Gasteiger partial charge in [-0.25, -0.2) is 0 Å². The van der Waals surface area contributed by atoms with E-state index in [2.05, 4.69) is 4.90 Å². The van der Waals surface area contributed by atoms with Crippen LogP contribution in [0, 0.1) is 23.2 Å². The fourth-order valence-corrected chi connectivity index (χ4v) is 6.02. The van der Waals surface area contributed by atoms with Gasteiger partial charge in [0.05, 0.1) is 6.04 Å². The van der Waals surface area contributed by atoms with Crippen molar-refractivity contribution >= 4 is 5.91 Å². The summed E-state index contributed by atoms with van der Waals surface area (Å²) in [7, 11) is 0. The first-order chi connectivity index (χ1) is 9.13. The summed E-state index contributed by atoms with van der Waals surface area (Å²) in [6, 6.07) is -0.220. The van der Waals surface area contributed by atoms with E-state index in [1.807, 2.05) is 0 Å². The first-order valence-corrected chi connectivity index (χ1v) is 8.18. The molecular weight excluding hydrogens is 236 g/mol. The number of hydrogen-bond acceptors (Lipinski definition) is 2. The van der Waals surface area contributed by atoms with E-state index >= 15 is 0 Å². The van der Waals surface area contributed by atoms with E-state index in [1.165, 1.54) is 38.5 Å². The highest BCUT2D eigenvalue weighted by atomic mass is 16.2. The number of carbonyl (C=O) groups is 1. The Labute approximate surface area is 115 Å². The predicted molar refractivity (Wildman–Crippen MR) is 74.4 cm³/mol. The Bertz CT molecular complexity index is 357. The molecule has 19 heavy (non-hydrogen) atoms. The average Bonchev–Trinajstić information content (AvgIpc) is 2.33. The van der Waals surface area contributed by atoms with Crippen molar-refractivity contribution in [3.05, 3.63) is 0 Å². The van der Waals surface area contributed by atoms with Crippen LogP contribution in [0.4, 0.5) is 0 Å². The molecule has 2 N–H and O–H groups in total. The molecule has 4 bridgehead atoms. The molecule has 5 aliphatic rings.